The van der Waals surface area contributed by atoms with E-state index in [0.717, 1.165) is 5.92 Å². The maximum absolute atomic E-state index is 2.38. The lowest BCUT2D eigenvalue weighted by atomic mass is 9.74. The van der Waals surface area contributed by atoms with E-state index in [1.807, 2.05) is 0 Å². The van der Waals surface area contributed by atoms with E-state index in [9.17, 15) is 0 Å². The molecule has 0 aromatic rings. The first-order valence-electron chi connectivity index (χ1n) is 4.58. The molecule has 0 saturated heterocycles. The van der Waals surface area contributed by atoms with E-state index in [1.54, 1.807) is 0 Å². The number of hydrogen-bond acceptors (Lipinski definition) is 0. The summed E-state index contributed by atoms with van der Waals surface area (Å²) in [6.07, 6.45) is 3.97. The molecular weight excluding hydrogens is 120 g/mol. The summed E-state index contributed by atoms with van der Waals surface area (Å²) in [7, 11) is 0. The van der Waals surface area contributed by atoms with Gasteiger partial charge in [-0.15, -0.1) is 0 Å². The predicted octanol–water partition coefficient (Wildman–Crippen LogP) is 3.86. The molecule has 0 amide bonds. The second-order valence-electron chi connectivity index (χ2n) is 3.86. The van der Waals surface area contributed by atoms with Gasteiger partial charge in [0.1, 0.15) is 0 Å². The molecule has 0 aliphatic heterocycles. The van der Waals surface area contributed by atoms with Gasteiger partial charge in [0.25, 0.3) is 0 Å². The molecule has 0 nitrogen and oxygen atoms in total. The highest BCUT2D eigenvalue weighted by molar-refractivity contribution is 4.74. The summed E-state index contributed by atoms with van der Waals surface area (Å²) in [6, 6.07) is 0. The lowest BCUT2D eigenvalue weighted by Gasteiger charge is -2.31. The van der Waals surface area contributed by atoms with E-state index in [-0.39, 0.29) is 0 Å². The van der Waals surface area contributed by atoms with Gasteiger partial charge in [0.05, 0.1) is 0 Å². The van der Waals surface area contributed by atoms with E-state index < -0.39 is 0 Å². The average Bonchev–Trinajstić information content (AvgIpc) is 1.90. The highest BCUT2D eigenvalue weighted by Gasteiger charge is 2.23. The lowest BCUT2D eigenvalue weighted by Crippen LogP contribution is -2.21. The molecule has 0 heteroatoms. The molecule has 0 spiro atoms. The molecule has 0 aliphatic carbocycles. The van der Waals surface area contributed by atoms with Crippen molar-refractivity contribution in [2.45, 2.75) is 53.9 Å². The quantitative estimate of drug-likeness (QED) is 0.559. The highest BCUT2D eigenvalue weighted by Crippen LogP contribution is 2.34. The van der Waals surface area contributed by atoms with Crippen molar-refractivity contribution >= 4 is 0 Å². The van der Waals surface area contributed by atoms with Crippen LogP contribution in [0.15, 0.2) is 0 Å². The Labute approximate surface area is 66.0 Å². The molecule has 0 unspecified atom stereocenters. The summed E-state index contributed by atoms with van der Waals surface area (Å²) >= 11 is 0. The van der Waals surface area contributed by atoms with Crippen LogP contribution >= 0.6 is 0 Å². The van der Waals surface area contributed by atoms with Crippen LogP contribution in [0.3, 0.4) is 0 Å². The lowest BCUT2D eigenvalue weighted by molar-refractivity contribution is 0.191. The largest absolute Gasteiger partial charge is 0.0651 e. The summed E-state index contributed by atoms with van der Waals surface area (Å²) in [6.45, 7) is 11.6. The van der Waals surface area contributed by atoms with Gasteiger partial charge in [-0.1, -0.05) is 53.9 Å². The fourth-order valence-corrected chi connectivity index (χ4v) is 1.68. The van der Waals surface area contributed by atoms with Gasteiger partial charge in [-0.3, -0.25) is 0 Å². The minimum atomic E-state index is 0.559. The number of hydrogen-bond donors (Lipinski definition) is 0. The first kappa shape index (κ1) is 10.0. The Balaban J connectivity index is 3.97. The van der Waals surface area contributed by atoms with Crippen molar-refractivity contribution in [2.24, 2.45) is 11.3 Å². The van der Waals surface area contributed by atoms with Crippen molar-refractivity contribution in [3.63, 3.8) is 0 Å². The summed E-state index contributed by atoms with van der Waals surface area (Å²) < 4.78 is 0. The first-order chi connectivity index (χ1) is 4.58. The third-order valence-electron chi connectivity index (χ3n) is 3.00. The normalized spacial score (nSPS) is 12.6. The molecule has 0 heterocycles. The van der Waals surface area contributed by atoms with Crippen LogP contribution in [0.4, 0.5) is 0 Å². The fraction of sp³-hybridized carbons (Fsp3) is 1.00. The summed E-state index contributed by atoms with van der Waals surface area (Å²) in [4.78, 5) is 0. The van der Waals surface area contributed by atoms with Gasteiger partial charge in [0.15, 0.2) is 0 Å². The molecule has 0 N–H and O–H groups in total. The van der Waals surface area contributed by atoms with Crippen molar-refractivity contribution < 1.29 is 0 Å². The molecular formula is C10H22. The minimum Gasteiger partial charge on any atom is -0.0651 e. The number of rotatable bonds is 4. The second-order valence-corrected chi connectivity index (χ2v) is 3.86. The Morgan fingerprint density at radius 2 is 1.40 bits per heavy atom. The summed E-state index contributed by atoms with van der Waals surface area (Å²) in [5.74, 6) is 0.914. The van der Waals surface area contributed by atoms with Crippen LogP contribution in [0.5, 0.6) is 0 Å². The molecule has 0 aromatic heterocycles. The van der Waals surface area contributed by atoms with Gasteiger partial charge >= 0.3 is 0 Å². The summed E-state index contributed by atoms with van der Waals surface area (Å²) in [5.41, 5.74) is 0.559. The molecule has 10 heavy (non-hydrogen) atoms. The maximum Gasteiger partial charge on any atom is -0.0329 e. The summed E-state index contributed by atoms with van der Waals surface area (Å²) in [5, 5.41) is 0. The van der Waals surface area contributed by atoms with Gasteiger partial charge in [-0.25, -0.2) is 0 Å². The zero-order valence-corrected chi connectivity index (χ0v) is 8.20. The standard InChI is InChI=1S/C10H22/c1-6-9(7-2)10(4,5)8-3/h9H,6-8H2,1-5H3. The van der Waals surface area contributed by atoms with Gasteiger partial charge in [0.2, 0.25) is 0 Å². The smallest absolute Gasteiger partial charge is 0.0329 e. The van der Waals surface area contributed by atoms with Crippen molar-refractivity contribution in [1.29, 1.82) is 0 Å². The highest BCUT2D eigenvalue weighted by atomic mass is 14.3. The van der Waals surface area contributed by atoms with E-state index in [1.165, 1.54) is 19.3 Å². The van der Waals surface area contributed by atoms with Gasteiger partial charge < -0.3 is 0 Å². The molecule has 0 rings (SSSR count). The van der Waals surface area contributed by atoms with E-state index in [0.29, 0.717) is 5.41 Å². The van der Waals surface area contributed by atoms with Crippen molar-refractivity contribution in [1.82, 2.24) is 0 Å². The van der Waals surface area contributed by atoms with E-state index >= 15 is 0 Å². The van der Waals surface area contributed by atoms with E-state index in [4.69, 9.17) is 0 Å². The monoisotopic (exact) mass is 142 g/mol. The van der Waals surface area contributed by atoms with Crippen LogP contribution in [0.25, 0.3) is 0 Å². The third-order valence-corrected chi connectivity index (χ3v) is 3.00. The fourth-order valence-electron chi connectivity index (χ4n) is 1.68. The molecule has 0 bridgehead atoms. The molecule has 0 fully saturated rings. The molecule has 0 aliphatic rings. The van der Waals surface area contributed by atoms with Crippen LogP contribution in [-0.4, -0.2) is 0 Å². The second kappa shape index (κ2) is 4.00. The topological polar surface area (TPSA) is 0 Å². The molecule has 0 radical (unpaired) electrons. The molecule has 62 valence electrons. The van der Waals surface area contributed by atoms with Crippen molar-refractivity contribution in [2.75, 3.05) is 0 Å². The molecule has 0 atom stereocenters. The maximum atomic E-state index is 2.38. The predicted molar refractivity (Wildman–Crippen MR) is 48.1 cm³/mol. The minimum absolute atomic E-state index is 0.559. The Bertz CT molecular complexity index is 78.0. The average molecular weight is 142 g/mol. The zero-order chi connectivity index (χ0) is 8.20. The van der Waals surface area contributed by atoms with Crippen LogP contribution in [-0.2, 0) is 0 Å². The Kier molecular flexibility index (Phi) is 4.00. The van der Waals surface area contributed by atoms with Crippen LogP contribution < -0.4 is 0 Å². The van der Waals surface area contributed by atoms with Crippen LogP contribution in [0.2, 0.25) is 0 Å². The van der Waals surface area contributed by atoms with Crippen LogP contribution in [0.1, 0.15) is 53.9 Å². The molecule has 0 aromatic carbocycles. The van der Waals surface area contributed by atoms with Crippen LogP contribution in [0, 0.1) is 11.3 Å². The van der Waals surface area contributed by atoms with Crippen molar-refractivity contribution in [3.8, 4) is 0 Å². The van der Waals surface area contributed by atoms with E-state index in [2.05, 4.69) is 34.6 Å². The van der Waals surface area contributed by atoms with Gasteiger partial charge in [0, 0.05) is 0 Å². The third kappa shape index (κ3) is 2.32. The first-order valence-corrected chi connectivity index (χ1v) is 4.58. The SMILES string of the molecule is CCC(CC)C(C)(C)CC. The van der Waals surface area contributed by atoms with Gasteiger partial charge in [-0.2, -0.15) is 0 Å². The Morgan fingerprint density at radius 1 is 1.00 bits per heavy atom. The Hall–Kier alpha value is 0. The zero-order valence-electron chi connectivity index (χ0n) is 8.20. The molecule has 0 saturated carbocycles. The van der Waals surface area contributed by atoms with Gasteiger partial charge in [-0.05, 0) is 11.3 Å². The van der Waals surface area contributed by atoms with Crippen molar-refractivity contribution in [3.05, 3.63) is 0 Å². The Morgan fingerprint density at radius 3 is 1.50 bits per heavy atom.